The van der Waals surface area contributed by atoms with Gasteiger partial charge < -0.3 is 0 Å². The maximum absolute atomic E-state index is 13.8. The minimum Gasteiger partial charge on any atom is -0.297 e. The molecule has 0 atom stereocenters. The highest BCUT2D eigenvalue weighted by atomic mass is 32.1. The molecule has 1 aromatic carbocycles. The zero-order valence-corrected chi connectivity index (χ0v) is 11.9. The van der Waals surface area contributed by atoms with Crippen LogP contribution in [0.4, 0.5) is 4.39 Å². The smallest absolute Gasteiger partial charge is 0.265 e. The number of hydrogen-bond acceptors (Lipinski definition) is 4. The van der Waals surface area contributed by atoms with Crippen LogP contribution in [0.25, 0.3) is 0 Å². The van der Waals surface area contributed by atoms with E-state index in [1.165, 1.54) is 23.1 Å². The molecule has 0 aliphatic carbocycles. The molecule has 0 bridgehead atoms. The maximum Gasteiger partial charge on any atom is 0.265 e. The van der Waals surface area contributed by atoms with Crippen LogP contribution in [0.5, 0.6) is 0 Å². The van der Waals surface area contributed by atoms with Crippen molar-refractivity contribution in [1.82, 2.24) is 10.3 Å². The molecule has 0 fully saturated rings. The summed E-state index contributed by atoms with van der Waals surface area (Å²) in [5.41, 5.74) is 2.88. The van der Waals surface area contributed by atoms with Gasteiger partial charge in [0.25, 0.3) is 5.91 Å². The summed E-state index contributed by atoms with van der Waals surface area (Å²) in [6, 6.07) is 8.26. The molecule has 0 unspecified atom stereocenters. The van der Waals surface area contributed by atoms with E-state index in [2.05, 4.69) is 0 Å². The van der Waals surface area contributed by atoms with Crippen molar-refractivity contribution in [2.45, 2.75) is 13.1 Å². The fourth-order valence-corrected chi connectivity index (χ4v) is 2.72. The molecule has 0 saturated heterocycles. The van der Waals surface area contributed by atoms with Crippen LogP contribution in [0, 0.1) is 5.82 Å². The highest BCUT2D eigenvalue weighted by Gasteiger charge is 2.11. The lowest BCUT2D eigenvalue weighted by Gasteiger charge is -2.16. The van der Waals surface area contributed by atoms with Crippen molar-refractivity contribution < 1.29 is 9.18 Å². The predicted octanol–water partition coefficient (Wildman–Crippen LogP) is 2.12. The minimum absolute atomic E-state index is 0.323. The van der Waals surface area contributed by atoms with Crippen LogP contribution in [-0.4, -0.2) is 17.9 Å². The quantitative estimate of drug-likeness (QED) is 0.504. The standard InChI is InChI=1S/C14H16FN3OS/c1-18(9-12-3-2-6-20-12)8-11-7-10(14(19)17-16)4-5-13(11)15/h2-7H,8-9,16H2,1H3,(H,17,19). The van der Waals surface area contributed by atoms with E-state index in [0.717, 1.165) is 6.54 Å². The van der Waals surface area contributed by atoms with Crippen LogP contribution in [0.2, 0.25) is 0 Å². The third-order valence-corrected chi connectivity index (χ3v) is 3.75. The lowest BCUT2D eigenvalue weighted by molar-refractivity contribution is 0.0953. The zero-order valence-electron chi connectivity index (χ0n) is 11.1. The van der Waals surface area contributed by atoms with E-state index in [9.17, 15) is 9.18 Å². The van der Waals surface area contributed by atoms with Gasteiger partial charge in [-0.05, 0) is 36.7 Å². The number of nitrogens with one attached hydrogen (secondary N) is 1. The Bertz CT molecular complexity index is 586. The van der Waals surface area contributed by atoms with Gasteiger partial charge in [-0.1, -0.05) is 6.07 Å². The molecule has 1 amide bonds. The molecule has 20 heavy (non-hydrogen) atoms. The molecule has 4 nitrogen and oxygen atoms in total. The van der Waals surface area contributed by atoms with E-state index in [0.29, 0.717) is 17.7 Å². The summed E-state index contributed by atoms with van der Waals surface area (Å²) < 4.78 is 13.8. The van der Waals surface area contributed by atoms with Crippen LogP contribution in [0.15, 0.2) is 35.7 Å². The number of hydrogen-bond donors (Lipinski definition) is 2. The summed E-state index contributed by atoms with van der Waals surface area (Å²) in [5, 5.41) is 2.01. The Kier molecular flexibility index (Phi) is 4.84. The van der Waals surface area contributed by atoms with Gasteiger partial charge >= 0.3 is 0 Å². The minimum atomic E-state index is -0.424. The van der Waals surface area contributed by atoms with Gasteiger partial charge in [-0.3, -0.25) is 15.1 Å². The number of carbonyl (C=O) groups excluding carboxylic acids is 1. The monoisotopic (exact) mass is 293 g/mol. The first-order valence-electron chi connectivity index (χ1n) is 6.10. The summed E-state index contributed by atoms with van der Waals surface area (Å²) in [7, 11) is 1.91. The molecule has 0 aliphatic rings. The Labute approximate surface area is 121 Å². The number of nitrogens with zero attached hydrogens (tertiary/aromatic N) is 1. The van der Waals surface area contributed by atoms with Crippen LogP contribution < -0.4 is 11.3 Å². The topological polar surface area (TPSA) is 58.4 Å². The molecule has 0 saturated carbocycles. The first-order chi connectivity index (χ1) is 9.60. The van der Waals surface area contributed by atoms with Gasteiger partial charge in [-0.2, -0.15) is 0 Å². The SMILES string of the molecule is CN(Cc1cccs1)Cc1cc(C(=O)NN)ccc1F. The second-order valence-electron chi connectivity index (χ2n) is 4.53. The lowest BCUT2D eigenvalue weighted by atomic mass is 10.1. The second-order valence-corrected chi connectivity index (χ2v) is 5.56. The second kappa shape index (κ2) is 6.60. The predicted molar refractivity (Wildman–Crippen MR) is 77.5 cm³/mol. The average Bonchev–Trinajstić information content (AvgIpc) is 2.93. The Hall–Kier alpha value is -1.76. The van der Waals surface area contributed by atoms with Gasteiger partial charge in [0.2, 0.25) is 0 Å². The Balaban J connectivity index is 2.09. The van der Waals surface area contributed by atoms with Gasteiger partial charge in [0.05, 0.1) is 0 Å². The molecule has 1 aromatic heterocycles. The van der Waals surface area contributed by atoms with Crippen molar-refractivity contribution >= 4 is 17.2 Å². The molecular formula is C14H16FN3OS. The average molecular weight is 293 g/mol. The van der Waals surface area contributed by atoms with Gasteiger partial charge in [-0.25, -0.2) is 10.2 Å². The van der Waals surface area contributed by atoms with Crippen molar-refractivity contribution in [1.29, 1.82) is 0 Å². The summed E-state index contributed by atoms with van der Waals surface area (Å²) in [5.74, 6) is 4.33. The van der Waals surface area contributed by atoms with E-state index >= 15 is 0 Å². The molecule has 0 aliphatic heterocycles. The highest BCUT2D eigenvalue weighted by Crippen LogP contribution is 2.16. The number of rotatable bonds is 5. The first-order valence-corrected chi connectivity index (χ1v) is 6.98. The molecule has 1 heterocycles. The number of nitrogen functional groups attached to an aromatic ring is 1. The number of halogens is 1. The van der Waals surface area contributed by atoms with Crippen LogP contribution in [0.1, 0.15) is 20.8 Å². The highest BCUT2D eigenvalue weighted by molar-refractivity contribution is 7.09. The van der Waals surface area contributed by atoms with Crippen molar-refractivity contribution in [3.63, 3.8) is 0 Å². The largest absolute Gasteiger partial charge is 0.297 e. The van der Waals surface area contributed by atoms with Crippen molar-refractivity contribution in [3.05, 3.63) is 57.5 Å². The normalized spacial score (nSPS) is 10.8. The van der Waals surface area contributed by atoms with E-state index < -0.39 is 5.91 Å². The molecule has 3 N–H and O–H groups in total. The Morgan fingerprint density at radius 3 is 2.85 bits per heavy atom. The van der Waals surface area contributed by atoms with Gasteiger partial charge in [0.15, 0.2) is 0 Å². The van der Waals surface area contributed by atoms with E-state index in [1.54, 1.807) is 11.3 Å². The summed E-state index contributed by atoms with van der Waals surface area (Å²) in [6.07, 6.45) is 0. The summed E-state index contributed by atoms with van der Waals surface area (Å²) in [4.78, 5) is 14.7. The van der Waals surface area contributed by atoms with Gasteiger partial charge in [0.1, 0.15) is 5.82 Å². The maximum atomic E-state index is 13.8. The third kappa shape index (κ3) is 3.63. The van der Waals surface area contributed by atoms with Crippen molar-refractivity contribution in [2.75, 3.05) is 7.05 Å². The number of carbonyl (C=O) groups is 1. The number of hydrazine groups is 1. The number of nitrogens with two attached hydrogens (primary N) is 1. The van der Waals surface area contributed by atoms with Crippen molar-refractivity contribution in [2.24, 2.45) is 5.84 Å². The molecule has 0 spiro atoms. The fourth-order valence-electron chi connectivity index (χ4n) is 1.94. The number of amides is 1. The van der Waals surface area contributed by atoms with E-state index in [-0.39, 0.29) is 5.82 Å². The van der Waals surface area contributed by atoms with Crippen LogP contribution >= 0.6 is 11.3 Å². The lowest BCUT2D eigenvalue weighted by Crippen LogP contribution is -2.30. The Morgan fingerprint density at radius 2 is 2.20 bits per heavy atom. The third-order valence-electron chi connectivity index (χ3n) is 2.89. The fraction of sp³-hybridized carbons (Fsp3) is 0.214. The molecule has 0 radical (unpaired) electrons. The number of benzene rings is 1. The van der Waals surface area contributed by atoms with E-state index in [1.807, 2.05) is 34.9 Å². The summed E-state index contributed by atoms with van der Waals surface area (Å²) >= 11 is 1.66. The van der Waals surface area contributed by atoms with E-state index in [4.69, 9.17) is 5.84 Å². The molecule has 2 aromatic rings. The summed E-state index contributed by atoms with van der Waals surface area (Å²) in [6.45, 7) is 1.17. The molecule has 106 valence electrons. The van der Waals surface area contributed by atoms with Crippen molar-refractivity contribution in [3.8, 4) is 0 Å². The van der Waals surface area contributed by atoms with Crippen LogP contribution in [0.3, 0.4) is 0 Å². The first kappa shape index (κ1) is 14.6. The van der Waals surface area contributed by atoms with Gasteiger partial charge in [0, 0.05) is 29.1 Å². The van der Waals surface area contributed by atoms with Gasteiger partial charge in [-0.15, -0.1) is 11.3 Å². The number of thiophene rings is 1. The molecular weight excluding hydrogens is 277 g/mol. The molecule has 6 heteroatoms. The van der Waals surface area contributed by atoms with Crippen LogP contribution in [-0.2, 0) is 13.1 Å². The molecule has 2 rings (SSSR count). The zero-order chi connectivity index (χ0) is 14.5. The Morgan fingerprint density at radius 1 is 1.40 bits per heavy atom.